The van der Waals surface area contributed by atoms with Crippen LogP contribution < -0.4 is 11.1 Å². The summed E-state index contributed by atoms with van der Waals surface area (Å²) in [6.07, 6.45) is -0.214. The summed E-state index contributed by atoms with van der Waals surface area (Å²) < 4.78 is 12.0. The highest BCUT2D eigenvalue weighted by molar-refractivity contribution is 5.87. The largest absolute Gasteiger partial charge is 0.388 e. The van der Waals surface area contributed by atoms with E-state index < -0.39 is 18.2 Å². The first kappa shape index (κ1) is 40.6. The normalized spacial score (nSPS) is 21.9. The minimum absolute atomic E-state index is 0.0197. The predicted octanol–water partition coefficient (Wildman–Crippen LogP) is 2.92. The molecule has 0 spiro atoms. The fraction of sp³-hybridized carbons (Fsp3) is 0.750. The molecule has 0 bridgehead atoms. The van der Waals surface area contributed by atoms with Crippen LogP contribution >= 0.6 is 0 Å². The van der Waals surface area contributed by atoms with Crippen molar-refractivity contribution >= 4 is 17.7 Å². The third-order valence-electron chi connectivity index (χ3n) is 10.3. The first-order chi connectivity index (χ1) is 22.1. The molecular formula is C36H63N5O6. The van der Waals surface area contributed by atoms with Crippen LogP contribution in [-0.2, 0) is 23.9 Å². The van der Waals surface area contributed by atoms with E-state index in [1.54, 1.807) is 26.2 Å². The Balaban J connectivity index is 2.22. The molecule has 1 aliphatic heterocycles. The van der Waals surface area contributed by atoms with E-state index >= 15 is 0 Å². The third kappa shape index (κ3) is 10.5. The average Bonchev–Trinajstić information content (AvgIpc) is 3.43. The molecule has 47 heavy (non-hydrogen) atoms. The number of hydrogen-bond donors (Lipinski definition) is 3. The van der Waals surface area contributed by atoms with E-state index in [0.717, 1.165) is 12.0 Å². The van der Waals surface area contributed by atoms with Gasteiger partial charge >= 0.3 is 0 Å². The van der Waals surface area contributed by atoms with Crippen molar-refractivity contribution < 1.29 is 29.0 Å². The summed E-state index contributed by atoms with van der Waals surface area (Å²) in [7, 11) is 8.62. The number of aliphatic hydroxyl groups is 1. The molecule has 0 saturated carbocycles. The summed E-state index contributed by atoms with van der Waals surface area (Å²) in [6.45, 7) is 12.3. The van der Waals surface area contributed by atoms with Crippen LogP contribution in [0.4, 0.5) is 0 Å². The molecule has 2 rings (SSSR count). The Morgan fingerprint density at radius 2 is 1.64 bits per heavy atom. The number of rotatable bonds is 18. The molecule has 1 aromatic rings. The number of methoxy groups -OCH3 is 2. The summed E-state index contributed by atoms with van der Waals surface area (Å²) in [4.78, 5) is 45.7. The van der Waals surface area contributed by atoms with Gasteiger partial charge in [-0.3, -0.25) is 19.3 Å². The van der Waals surface area contributed by atoms with Gasteiger partial charge in [0.2, 0.25) is 17.7 Å². The zero-order valence-electron chi connectivity index (χ0n) is 30.7. The number of nitrogens with zero attached hydrogens (tertiary/aromatic N) is 3. The van der Waals surface area contributed by atoms with Gasteiger partial charge in [0.15, 0.2) is 0 Å². The van der Waals surface area contributed by atoms with E-state index in [0.29, 0.717) is 13.0 Å². The van der Waals surface area contributed by atoms with Crippen molar-refractivity contribution in [1.82, 2.24) is 20.0 Å². The first-order valence-corrected chi connectivity index (χ1v) is 17.1. The van der Waals surface area contributed by atoms with Crippen molar-refractivity contribution in [2.45, 2.75) is 103 Å². The third-order valence-corrected chi connectivity index (χ3v) is 10.3. The van der Waals surface area contributed by atoms with Crippen LogP contribution in [0.5, 0.6) is 0 Å². The lowest BCUT2D eigenvalue weighted by Gasteiger charge is -2.40. The molecule has 10 unspecified atom stereocenters. The number of carbonyl (C=O) groups is 3. The van der Waals surface area contributed by atoms with Gasteiger partial charge in [-0.25, -0.2) is 0 Å². The Kier molecular flexibility index (Phi) is 16.3. The Labute approximate surface area is 283 Å². The molecule has 1 saturated heterocycles. The minimum Gasteiger partial charge on any atom is -0.388 e. The maximum atomic E-state index is 14.1. The molecule has 1 aliphatic rings. The Hall–Kier alpha value is -2.57. The molecule has 10 atom stereocenters. The van der Waals surface area contributed by atoms with E-state index in [4.69, 9.17) is 15.2 Å². The average molecular weight is 662 g/mol. The number of benzene rings is 1. The summed E-state index contributed by atoms with van der Waals surface area (Å²) in [5.41, 5.74) is 7.29. The van der Waals surface area contributed by atoms with E-state index in [1.165, 1.54) is 0 Å². The van der Waals surface area contributed by atoms with Gasteiger partial charge in [0.25, 0.3) is 0 Å². The van der Waals surface area contributed by atoms with E-state index in [2.05, 4.69) is 12.2 Å². The van der Waals surface area contributed by atoms with Gasteiger partial charge in [0.05, 0.1) is 49.4 Å². The number of likely N-dealkylation sites (tertiary alicyclic amines) is 1. The topological polar surface area (TPSA) is 138 Å². The number of amides is 3. The van der Waals surface area contributed by atoms with Crippen LogP contribution in [-0.4, -0.2) is 122 Å². The fourth-order valence-electron chi connectivity index (χ4n) is 7.32. The van der Waals surface area contributed by atoms with E-state index in [9.17, 15) is 19.5 Å². The molecule has 11 nitrogen and oxygen atoms in total. The predicted molar refractivity (Wildman–Crippen MR) is 185 cm³/mol. The van der Waals surface area contributed by atoms with Gasteiger partial charge in [0.1, 0.15) is 0 Å². The molecular weight excluding hydrogens is 598 g/mol. The van der Waals surface area contributed by atoms with Gasteiger partial charge in [0, 0.05) is 33.9 Å². The lowest BCUT2D eigenvalue weighted by Crippen LogP contribution is -2.55. The van der Waals surface area contributed by atoms with Crippen LogP contribution in [0, 0.1) is 23.7 Å². The fourth-order valence-corrected chi connectivity index (χ4v) is 7.32. The van der Waals surface area contributed by atoms with Gasteiger partial charge < -0.3 is 35.4 Å². The number of carbonyl (C=O) groups excluding carboxylic acids is 3. The zero-order valence-corrected chi connectivity index (χ0v) is 30.7. The summed E-state index contributed by atoms with van der Waals surface area (Å²) in [5, 5.41) is 14.0. The standard InChI is InChI=1S/C36H63N5O6/c1-12-23(4)33(40(9)31(43)20-38-36(45)32(22(2)3)39(7)8)29(46-10)19-30(42)41-21-27(37)18-28(41)35(47-11)25(6)24(5)34(44)26-16-14-13-15-17-26/h13-17,22-25,27-29,32-35,44H,12,18-21,37H2,1-11H3,(H,38,45). The highest BCUT2D eigenvalue weighted by Gasteiger charge is 2.44. The maximum Gasteiger partial charge on any atom is 0.242 e. The molecule has 3 amide bonds. The molecule has 0 radical (unpaired) electrons. The molecule has 1 heterocycles. The van der Waals surface area contributed by atoms with Crippen molar-refractivity contribution in [3.8, 4) is 0 Å². The summed E-state index contributed by atoms with van der Waals surface area (Å²) in [6, 6.07) is 8.33. The molecule has 4 N–H and O–H groups in total. The van der Waals surface area contributed by atoms with Crippen LogP contribution in [0.3, 0.4) is 0 Å². The zero-order chi connectivity index (χ0) is 35.6. The SMILES string of the molecule is CCC(C)C(C(CC(=O)N1CC(N)CC1C(OC)C(C)C(C)C(O)c1ccccc1)OC)N(C)C(=O)CNC(=O)C(C(C)C)N(C)C. The lowest BCUT2D eigenvalue weighted by molar-refractivity contribution is -0.145. The summed E-state index contributed by atoms with van der Waals surface area (Å²) >= 11 is 0. The van der Waals surface area contributed by atoms with Crippen molar-refractivity contribution in [1.29, 1.82) is 0 Å². The van der Waals surface area contributed by atoms with Crippen molar-refractivity contribution in [2.24, 2.45) is 29.4 Å². The Morgan fingerprint density at radius 1 is 1.02 bits per heavy atom. The number of aliphatic hydroxyl groups excluding tert-OH is 1. The van der Waals surface area contributed by atoms with Crippen LogP contribution in [0.1, 0.15) is 72.5 Å². The second-order valence-corrected chi connectivity index (χ2v) is 14.1. The number of nitrogens with one attached hydrogen (secondary N) is 1. The van der Waals surface area contributed by atoms with Crippen molar-refractivity contribution in [2.75, 3.05) is 48.5 Å². The van der Waals surface area contributed by atoms with Crippen molar-refractivity contribution in [3.63, 3.8) is 0 Å². The number of likely N-dealkylation sites (N-methyl/N-ethyl adjacent to an activating group) is 2. The number of nitrogens with two attached hydrogens (primary N) is 1. The highest BCUT2D eigenvalue weighted by Crippen LogP contribution is 2.35. The van der Waals surface area contributed by atoms with E-state index in [-0.39, 0.29) is 78.6 Å². The minimum atomic E-state index is -0.686. The van der Waals surface area contributed by atoms with Gasteiger partial charge in [-0.15, -0.1) is 0 Å². The van der Waals surface area contributed by atoms with Crippen LogP contribution in [0.25, 0.3) is 0 Å². The Bertz CT molecular complexity index is 1110. The molecule has 0 aromatic heterocycles. The highest BCUT2D eigenvalue weighted by atomic mass is 16.5. The van der Waals surface area contributed by atoms with Gasteiger partial charge in [-0.2, -0.15) is 0 Å². The monoisotopic (exact) mass is 661 g/mol. The lowest BCUT2D eigenvalue weighted by atomic mass is 9.80. The molecule has 1 fully saturated rings. The van der Waals surface area contributed by atoms with Gasteiger partial charge in [-0.05, 0) is 49.8 Å². The summed E-state index contributed by atoms with van der Waals surface area (Å²) in [5.74, 6) is -0.705. The first-order valence-electron chi connectivity index (χ1n) is 17.1. The van der Waals surface area contributed by atoms with E-state index in [1.807, 2.05) is 88.8 Å². The quantitative estimate of drug-likeness (QED) is 0.219. The Morgan fingerprint density at radius 3 is 2.15 bits per heavy atom. The smallest absolute Gasteiger partial charge is 0.242 e. The number of hydrogen-bond acceptors (Lipinski definition) is 8. The molecule has 0 aliphatic carbocycles. The maximum absolute atomic E-state index is 14.1. The second kappa shape index (κ2) is 18.8. The van der Waals surface area contributed by atoms with Crippen LogP contribution in [0.15, 0.2) is 30.3 Å². The molecule has 268 valence electrons. The van der Waals surface area contributed by atoms with Crippen LogP contribution in [0.2, 0.25) is 0 Å². The van der Waals surface area contributed by atoms with Gasteiger partial charge in [-0.1, -0.05) is 78.3 Å². The molecule has 1 aromatic carbocycles. The number of ether oxygens (including phenoxy) is 2. The van der Waals surface area contributed by atoms with Crippen molar-refractivity contribution in [3.05, 3.63) is 35.9 Å². The molecule has 11 heteroatoms. The second-order valence-electron chi connectivity index (χ2n) is 14.1.